The fourth-order valence-corrected chi connectivity index (χ4v) is 4.37. The van der Waals surface area contributed by atoms with Crippen LogP contribution in [0.3, 0.4) is 0 Å². The number of thioether (sulfide) groups is 1. The molecule has 3 aromatic rings. The van der Waals surface area contributed by atoms with Crippen molar-refractivity contribution in [3.8, 4) is 10.4 Å². The van der Waals surface area contributed by atoms with Gasteiger partial charge in [0.2, 0.25) is 5.91 Å². The number of carbonyl (C=O) groups is 2. The number of ether oxygens (including phenoxy) is 1. The Morgan fingerprint density at radius 1 is 1.11 bits per heavy atom. The lowest BCUT2D eigenvalue weighted by Gasteiger charge is -2.05. The second kappa shape index (κ2) is 9.52. The Balaban J connectivity index is 1.66. The third kappa shape index (κ3) is 5.21. The molecule has 0 spiro atoms. The number of benzene rings is 2. The molecule has 1 heterocycles. The first kappa shape index (κ1) is 20.1. The number of amides is 1. The monoisotopic (exact) mass is 415 g/mol. The second-order valence-electron chi connectivity index (χ2n) is 5.81. The molecule has 0 saturated carbocycles. The first-order valence-electron chi connectivity index (χ1n) is 8.52. The molecule has 2 aromatic carbocycles. The van der Waals surface area contributed by atoms with E-state index in [1.807, 2.05) is 30.3 Å². The molecular formula is C21H18FNO3S2. The van der Waals surface area contributed by atoms with Gasteiger partial charge in [0.05, 0.1) is 12.8 Å². The van der Waals surface area contributed by atoms with E-state index in [9.17, 15) is 14.0 Å². The van der Waals surface area contributed by atoms with E-state index in [1.54, 1.807) is 18.2 Å². The van der Waals surface area contributed by atoms with Crippen molar-refractivity contribution in [2.75, 3.05) is 18.2 Å². The van der Waals surface area contributed by atoms with Crippen molar-refractivity contribution in [3.05, 3.63) is 71.4 Å². The number of esters is 1. The SMILES string of the molecule is COC(=O)c1sc(-c2ccccc2)cc1NC(=O)CCSc1ccc(F)cc1. The first-order chi connectivity index (χ1) is 13.6. The number of anilines is 1. The number of carbonyl (C=O) groups excluding carboxylic acids is 2. The number of halogens is 1. The minimum absolute atomic E-state index is 0.197. The summed E-state index contributed by atoms with van der Waals surface area (Å²) in [5.74, 6) is -0.426. The average molecular weight is 416 g/mol. The van der Waals surface area contributed by atoms with E-state index in [-0.39, 0.29) is 18.1 Å². The number of rotatable bonds is 7. The van der Waals surface area contributed by atoms with E-state index in [1.165, 1.54) is 42.3 Å². The molecule has 0 radical (unpaired) electrons. The molecule has 4 nitrogen and oxygen atoms in total. The summed E-state index contributed by atoms with van der Waals surface area (Å²) in [6, 6.07) is 17.6. The van der Waals surface area contributed by atoms with Crippen molar-refractivity contribution < 1.29 is 18.7 Å². The molecule has 1 aromatic heterocycles. The molecule has 0 bridgehead atoms. The van der Waals surface area contributed by atoms with Crippen molar-refractivity contribution in [1.29, 1.82) is 0 Å². The van der Waals surface area contributed by atoms with Gasteiger partial charge in [-0.05, 0) is 35.9 Å². The van der Waals surface area contributed by atoms with Crippen molar-refractivity contribution in [2.45, 2.75) is 11.3 Å². The van der Waals surface area contributed by atoms with Gasteiger partial charge < -0.3 is 10.1 Å². The maximum Gasteiger partial charge on any atom is 0.350 e. The number of methoxy groups -OCH3 is 1. The lowest BCUT2D eigenvalue weighted by Crippen LogP contribution is -2.14. The van der Waals surface area contributed by atoms with Gasteiger partial charge in [0.1, 0.15) is 10.7 Å². The van der Waals surface area contributed by atoms with Gasteiger partial charge in [-0.2, -0.15) is 0 Å². The average Bonchev–Trinajstić information content (AvgIpc) is 3.13. The van der Waals surface area contributed by atoms with Gasteiger partial charge in [0.25, 0.3) is 0 Å². The number of hydrogen-bond acceptors (Lipinski definition) is 5. The molecule has 0 unspecified atom stereocenters. The van der Waals surface area contributed by atoms with Crippen LogP contribution in [-0.4, -0.2) is 24.7 Å². The summed E-state index contributed by atoms with van der Waals surface area (Å²) in [6.07, 6.45) is 0.263. The van der Waals surface area contributed by atoms with Crippen LogP contribution >= 0.6 is 23.1 Å². The van der Waals surface area contributed by atoms with Crippen LogP contribution in [0, 0.1) is 5.82 Å². The Morgan fingerprint density at radius 2 is 1.82 bits per heavy atom. The van der Waals surface area contributed by atoms with Crippen LogP contribution < -0.4 is 5.32 Å². The summed E-state index contributed by atoms with van der Waals surface area (Å²) in [4.78, 5) is 26.6. The molecule has 0 saturated heterocycles. The number of hydrogen-bond donors (Lipinski definition) is 1. The highest BCUT2D eigenvalue weighted by Crippen LogP contribution is 2.35. The zero-order valence-corrected chi connectivity index (χ0v) is 16.7. The number of nitrogens with one attached hydrogen (secondary N) is 1. The maximum atomic E-state index is 12.9. The summed E-state index contributed by atoms with van der Waals surface area (Å²) in [6.45, 7) is 0. The van der Waals surface area contributed by atoms with Gasteiger partial charge in [0, 0.05) is 21.9 Å². The number of thiophene rings is 1. The summed E-state index contributed by atoms with van der Waals surface area (Å²) >= 11 is 2.75. The third-order valence-corrected chi connectivity index (χ3v) is 6.02. The molecule has 0 aliphatic rings. The molecule has 1 N–H and O–H groups in total. The van der Waals surface area contributed by atoms with Gasteiger partial charge in [-0.3, -0.25) is 4.79 Å². The van der Waals surface area contributed by atoms with Crippen molar-refractivity contribution in [3.63, 3.8) is 0 Å². The minimum Gasteiger partial charge on any atom is -0.465 e. The molecule has 0 aliphatic heterocycles. The first-order valence-corrected chi connectivity index (χ1v) is 10.3. The predicted molar refractivity (Wildman–Crippen MR) is 111 cm³/mol. The van der Waals surface area contributed by atoms with E-state index >= 15 is 0 Å². The smallest absolute Gasteiger partial charge is 0.350 e. The van der Waals surface area contributed by atoms with Crippen LogP contribution in [-0.2, 0) is 9.53 Å². The Bertz CT molecular complexity index is 956. The Hall–Kier alpha value is -2.64. The highest BCUT2D eigenvalue weighted by molar-refractivity contribution is 7.99. The van der Waals surface area contributed by atoms with Crippen molar-refractivity contribution in [2.24, 2.45) is 0 Å². The molecule has 0 aliphatic carbocycles. The molecule has 0 atom stereocenters. The van der Waals surface area contributed by atoms with E-state index in [0.717, 1.165) is 15.3 Å². The molecule has 1 amide bonds. The van der Waals surface area contributed by atoms with Crippen LogP contribution in [0.1, 0.15) is 16.1 Å². The predicted octanol–water partition coefficient (Wildman–Crippen LogP) is 5.46. The lowest BCUT2D eigenvalue weighted by molar-refractivity contribution is -0.115. The lowest BCUT2D eigenvalue weighted by atomic mass is 10.2. The normalized spacial score (nSPS) is 10.5. The molecule has 28 heavy (non-hydrogen) atoms. The van der Waals surface area contributed by atoms with Crippen LogP contribution in [0.25, 0.3) is 10.4 Å². The fraction of sp³-hybridized carbons (Fsp3) is 0.143. The second-order valence-corrected chi connectivity index (χ2v) is 8.03. The zero-order chi connectivity index (χ0) is 19.9. The van der Waals surface area contributed by atoms with Gasteiger partial charge >= 0.3 is 5.97 Å². The largest absolute Gasteiger partial charge is 0.465 e. The molecule has 0 fully saturated rings. The third-order valence-electron chi connectivity index (χ3n) is 3.85. The van der Waals surface area contributed by atoms with E-state index in [4.69, 9.17) is 4.74 Å². The van der Waals surface area contributed by atoms with Gasteiger partial charge in [-0.15, -0.1) is 23.1 Å². The Morgan fingerprint density at radius 3 is 2.50 bits per heavy atom. The highest BCUT2D eigenvalue weighted by Gasteiger charge is 2.19. The van der Waals surface area contributed by atoms with E-state index in [0.29, 0.717) is 16.3 Å². The van der Waals surface area contributed by atoms with Crippen LogP contribution in [0.2, 0.25) is 0 Å². The van der Waals surface area contributed by atoms with Crippen LogP contribution in [0.15, 0.2) is 65.6 Å². The van der Waals surface area contributed by atoms with E-state index < -0.39 is 5.97 Å². The molecule has 144 valence electrons. The molecule has 3 rings (SSSR count). The maximum absolute atomic E-state index is 12.9. The van der Waals surface area contributed by atoms with Crippen molar-refractivity contribution >= 4 is 40.7 Å². The van der Waals surface area contributed by atoms with Gasteiger partial charge in [-0.25, -0.2) is 9.18 Å². The van der Waals surface area contributed by atoms with Crippen molar-refractivity contribution in [1.82, 2.24) is 0 Å². The Kier molecular flexibility index (Phi) is 6.84. The standard InChI is InChI=1S/C21H18FNO3S2/c1-26-21(25)20-17(13-18(28-20)14-5-3-2-4-6-14)23-19(24)11-12-27-16-9-7-15(22)8-10-16/h2-10,13H,11-12H2,1H3,(H,23,24). The van der Waals surface area contributed by atoms with Gasteiger partial charge in [0.15, 0.2) is 0 Å². The minimum atomic E-state index is -0.483. The fourth-order valence-electron chi connectivity index (χ4n) is 2.48. The van der Waals surface area contributed by atoms with Crippen LogP contribution in [0.4, 0.5) is 10.1 Å². The summed E-state index contributed by atoms with van der Waals surface area (Å²) in [7, 11) is 1.31. The van der Waals surface area contributed by atoms with E-state index in [2.05, 4.69) is 5.32 Å². The summed E-state index contributed by atoms with van der Waals surface area (Å²) < 4.78 is 17.8. The highest BCUT2D eigenvalue weighted by atomic mass is 32.2. The summed E-state index contributed by atoms with van der Waals surface area (Å²) in [5, 5.41) is 2.81. The molecule has 7 heteroatoms. The van der Waals surface area contributed by atoms with Crippen LogP contribution in [0.5, 0.6) is 0 Å². The Labute approximate surface area is 170 Å². The molecular weight excluding hydrogens is 397 g/mol. The quantitative estimate of drug-likeness (QED) is 0.411. The van der Waals surface area contributed by atoms with Gasteiger partial charge in [-0.1, -0.05) is 30.3 Å². The topological polar surface area (TPSA) is 55.4 Å². The zero-order valence-electron chi connectivity index (χ0n) is 15.1. The summed E-state index contributed by atoms with van der Waals surface area (Å²) in [5.41, 5.74) is 1.41.